The van der Waals surface area contributed by atoms with E-state index in [9.17, 15) is 28.8 Å². The normalized spacial score (nSPS) is 19.3. The summed E-state index contributed by atoms with van der Waals surface area (Å²) in [6, 6.07) is 21.1. The van der Waals surface area contributed by atoms with Gasteiger partial charge in [-0.25, -0.2) is 14.6 Å². The number of aromatic nitrogens is 4. The molecule has 0 spiro atoms. The van der Waals surface area contributed by atoms with Crippen molar-refractivity contribution in [1.29, 1.82) is 0 Å². The van der Waals surface area contributed by atoms with E-state index in [0.717, 1.165) is 35.6 Å². The van der Waals surface area contributed by atoms with Crippen LogP contribution in [0.4, 0.5) is 5.82 Å². The number of para-hydroxylation sites is 1. The molecule has 64 heavy (non-hydrogen) atoms. The highest BCUT2D eigenvalue weighted by Gasteiger charge is 2.45. The number of imide groups is 2. The van der Waals surface area contributed by atoms with Gasteiger partial charge in [-0.1, -0.05) is 24.3 Å². The number of nitrogens with zero attached hydrogens (tertiary/aromatic N) is 8. The lowest BCUT2D eigenvalue weighted by atomic mass is 10.0. The number of ether oxygens (including phenoxy) is 1. The highest BCUT2D eigenvalue weighted by atomic mass is 32.2. The third-order valence-electron chi connectivity index (χ3n) is 12.3. The van der Waals surface area contributed by atoms with Crippen LogP contribution in [0, 0.1) is 0 Å². The molecule has 17 nitrogen and oxygen atoms in total. The van der Waals surface area contributed by atoms with Gasteiger partial charge in [0, 0.05) is 74.7 Å². The molecule has 2 atom stereocenters. The number of fused-ring (bicyclic) bond motifs is 2. The van der Waals surface area contributed by atoms with Crippen molar-refractivity contribution in [3.8, 4) is 22.8 Å². The van der Waals surface area contributed by atoms with Crippen LogP contribution in [0.3, 0.4) is 0 Å². The number of hydrogen-bond donors (Lipinski definition) is 2. The maximum atomic E-state index is 13.6. The van der Waals surface area contributed by atoms with Gasteiger partial charge in [0.15, 0.2) is 5.65 Å². The van der Waals surface area contributed by atoms with Crippen LogP contribution in [-0.4, -0.2) is 132 Å². The molecule has 3 saturated heterocycles. The molecule has 0 saturated carbocycles. The van der Waals surface area contributed by atoms with Gasteiger partial charge in [-0.05, 0) is 80.8 Å². The minimum atomic E-state index is -1.04. The summed E-state index contributed by atoms with van der Waals surface area (Å²) in [4.78, 5) is 94.0. The third kappa shape index (κ3) is 8.79. The van der Waals surface area contributed by atoms with Crippen molar-refractivity contribution in [3.63, 3.8) is 0 Å². The summed E-state index contributed by atoms with van der Waals surface area (Å²) in [7, 11) is 0. The molecule has 2 aromatic heterocycles. The van der Waals surface area contributed by atoms with Crippen molar-refractivity contribution in [1.82, 2.24) is 44.7 Å². The van der Waals surface area contributed by atoms with Crippen molar-refractivity contribution >= 4 is 64.1 Å². The fourth-order valence-corrected chi connectivity index (χ4v) is 9.99. The Morgan fingerprint density at radius 1 is 0.812 bits per heavy atom. The van der Waals surface area contributed by atoms with E-state index in [1.54, 1.807) is 18.2 Å². The van der Waals surface area contributed by atoms with Gasteiger partial charge in [0.2, 0.25) is 23.6 Å². The Labute approximate surface area is 373 Å². The van der Waals surface area contributed by atoms with Crippen LogP contribution in [0.1, 0.15) is 71.7 Å². The predicted molar refractivity (Wildman–Crippen MR) is 237 cm³/mol. The molecular formula is C46H48N10O7S. The second kappa shape index (κ2) is 18.6. The minimum Gasteiger partial charge on any atom is -0.457 e. The molecule has 3 fully saturated rings. The zero-order chi connectivity index (χ0) is 44.3. The summed E-state index contributed by atoms with van der Waals surface area (Å²) >= 11 is 1.33. The minimum absolute atomic E-state index is 0.0136. The zero-order valence-corrected chi connectivity index (χ0v) is 36.0. The van der Waals surface area contributed by atoms with E-state index in [1.165, 1.54) is 18.1 Å². The van der Waals surface area contributed by atoms with Crippen LogP contribution < -0.4 is 15.8 Å². The third-order valence-corrected chi connectivity index (χ3v) is 13.4. The fraction of sp³-hybridized carbons (Fsp3) is 0.370. The van der Waals surface area contributed by atoms with Gasteiger partial charge in [0.25, 0.3) is 11.8 Å². The monoisotopic (exact) mass is 884 g/mol. The molecule has 0 radical (unpaired) electrons. The number of piperidine rings is 2. The topological polar surface area (TPSA) is 206 Å². The number of nitrogens with one attached hydrogen (secondary N) is 1. The molecule has 0 bridgehead atoms. The quantitative estimate of drug-likeness (QED) is 0.123. The number of anilines is 1. The number of hydrogen-bond acceptors (Lipinski definition) is 13. The molecule has 3 aromatic carbocycles. The number of likely N-dealkylation sites (tertiary alicyclic amines) is 1. The van der Waals surface area contributed by atoms with E-state index >= 15 is 0 Å². The molecule has 0 aliphatic carbocycles. The lowest BCUT2D eigenvalue weighted by molar-refractivity contribution is -0.136. The summed E-state index contributed by atoms with van der Waals surface area (Å²) in [5.41, 5.74) is 9.04. The summed E-state index contributed by atoms with van der Waals surface area (Å²) in [5.74, 6) is 0.119. The van der Waals surface area contributed by atoms with Crippen molar-refractivity contribution in [2.45, 2.75) is 61.9 Å². The van der Waals surface area contributed by atoms with Gasteiger partial charge < -0.3 is 20.3 Å². The number of nitrogens with two attached hydrogens (primary N) is 1. The van der Waals surface area contributed by atoms with E-state index in [2.05, 4.69) is 20.2 Å². The smallest absolute Gasteiger partial charge is 0.263 e. The number of benzene rings is 3. The van der Waals surface area contributed by atoms with Crippen molar-refractivity contribution in [3.05, 3.63) is 90.3 Å². The first-order valence-electron chi connectivity index (χ1n) is 21.7. The van der Waals surface area contributed by atoms with Crippen LogP contribution in [0.2, 0.25) is 0 Å². The average molecular weight is 885 g/mol. The number of carbonyl (C=O) groups is 6. The van der Waals surface area contributed by atoms with E-state index in [1.807, 2.05) is 69.1 Å². The number of amides is 6. The average Bonchev–Trinajstić information content (AvgIpc) is 3.83. The molecule has 4 aliphatic rings. The van der Waals surface area contributed by atoms with Gasteiger partial charge in [-0.3, -0.25) is 43.9 Å². The second-order valence-corrected chi connectivity index (χ2v) is 17.5. The van der Waals surface area contributed by atoms with Gasteiger partial charge in [-0.15, -0.1) is 11.8 Å². The number of thioether (sulfide) groups is 1. The SMILES string of the molecule is Nc1ncnc2c1c(-c1ccc(Oc3ccccc3)cc1)nn2[C@@H]1CCCN(C(=O)CCCN2CCN(C(=O)CCSc3cccc4c3C(=O)N(C3CCC(=O)NC3=O)C4=O)CC2)C1. The molecule has 6 amide bonds. The van der Waals surface area contributed by atoms with Gasteiger partial charge >= 0.3 is 0 Å². The van der Waals surface area contributed by atoms with Crippen LogP contribution in [0.25, 0.3) is 22.3 Å². The van der Waals surface area contributed by atoms with Gasteiger partial charge in [0.05, 0.1) is 22.6 Å². The Balaban J connectivity index is 0.733. The molecule has 4 aliphatic heterocycles. The molecule has 3 N–H and O–H groups in total. The first-order chi connectivity index (χ1) is 31.1. The van der Waals surface area contributed by atoms with E-state index in [-0.39, 0.29) is 48.2 Å². The lowest BCUT2D eigenvalue weighted by Crippen LogP contribution is -2.54. The molecule has 18 heteroatoms. The van der Waals surface area contributed by atoms with Gasteiger partial charge in [-0.2, -0.15) is 5.10 Å². The molecule has 5 aromatic rings. The highest BCUT2D eigenvalue weighted by molar-refractivity contribution is 7.99. The molecular weight excluding hydrogens is 837 g/mol. The number of rotatable bonds is 13. The molecule has 1 unspecified atom stereocenters. The second-order valence-electron chi connectivity index (χ2n) is 16.4. The first-order valence-corrected chi connectivity index (χ1v) is 22.7. The van der Waals surface area contributed by atoms with Crippen molar-refractivity contribution < 1.29 is 33.5 Å². The Bertz CT molecular complexity index is 2610. The van der Waals surface area contributed by atoms with E-state index in [4.69, 9.17) is 15.6 Å². The Morgan fingerprint density at radius 2 is 1.58 bits per heavy atom. The highest BCUT2D eigenvalue weighted by Crippen LogP contribution is 2.37. The Kier molecular flexibility index (Phi) is 12.4. The summed E-state index contributed by atoms with van der Waals surface area (Å²) in [6.45, 7) is 4.53. The lowest BCUT2D eigenvalue weighted by Gasteiger charge is -2.35. The molecule has 330 valence electrons. The Hall–Kier alpha value is -6.66. The molecule has 6 heterocycles. The van der Waals surface area contributed by atoms with E-state index in [0.29, 0.717) is 91.1 Å². The van der Waals surface area contributed by atoms with Crippen LogP contribution in [0.15, 0.2) is 84.0 Å². The fourth-order valence-electron chi connectivity index (χ4n) is 8.98. The maximum Gasteiger partial charge on any atom is 0.263 e. The number of carbonyl (C=O) groups excluding carboxylic acids is 6. The van der Waals surface area contributed by atoms with Crippen molar-refractivity contribution in [2.24, 2.45) is 0 Å². The summed E-state index contributed by atoms with van der Waals surface area (Å²) < 4.78 is 7.90. The summed E-state index contributed by atoms with van der Waals surface area (Å²) in [6.07, 6.45) is 4.64. The molecule has 9 rings (SSSR count). The standard InChI is InChI=1S/C46H48N10O7S/c47-42-40-41(29-13-15-32(16-14-29)63-31-8-2-1-3-9-31)51-56(43(40)49-28-48-42)30-7-5-21-54(27-30)37(58)12-6-20-52-22-24-53(25-23-52)38(59)19-26-64-35-11-4-10-33-39(35)46(62)55(45(33)61)34-17-18-36(57)50-44(34)60/h1-4,8-11,13-16,28,30,34H,5-7,12,17-27H2,(H2,47,48,49)(H,50,57,60)/t30-,34?/m1/s1. The number of piperazine rings is 1. The van der Waals surface area contributed by atoms with Crippen LogP contribution in [0.5, 0.6) is 11.5 Å². The maximum absolute atomic E-state index is 13.6. The van der Waals surface area contributed by atoms with E-state index < -0.39 is 29.7 Å². The largest absolute Gasteiger partial charge is 0.457 e. The Morgan fingerprint density at radius 3 is 2.36 bits per heavy atom. The zero-order valence-electron chi connectivity index (χ0n) is 35.2. The number of nitrogen functional groups attached to an aromatic ring is 1. The predicted octanol–water partition coefficient (Wildman–Crippen LogP) is 4.54. The summed E-state index contributed by atoms with van der Waals surface area (Å²) in [5, 5.41) is 7.93. The van der Waals surface area contributed by atoms with Gasteiger partial charge in [0.1, 0.15) is 35.4 Å². The van der Waals surface area contributed by atoms with Crippen LogP contribution >= 0.6 is 11.8 Å². The van der Waals surface area contributed by atoms with Crippen LogP contribution in [-0.2, 0) is 19.2 Å². The first kappa shape index (κ1) is 42.6. The van der Waals surface area contributed by atoms with Crippen molar-refractivity contribution in [2.75, 3.05) is 57.3 Å².